The maximum absolute atomic E-state index is 11.5. The third-order valence-corrected chi connectivity index (χ3v) is 5.86. The highest BCUT2D eigenvalue weighted by Crippen LogP contribution is 2.30. The maximum atomic E-state index is 11.5. The number of halogens is 2. The van der Waals surface area contributed by atoms with Gasteiger partial charge >= 0.3 is 0 Å². The van der Waals surface area contributed by atoms with Gasteiger partial charge in [0.15, 0.2) is 14.9 Å². The highest BCUT2D eigenvalue weighted by molar-refractivity contribution is 7.91. The number of hydrogen-bond acceptors (Lipinski definition) is 3. The molecule has 1 atom stereocenters. The first-order valence-corrected chi connectivity index (χ1v) is 8.93. The molecule has 1 heterocycles. The van der Waals surface area contributed by atoms with Gasteiger partial charge in [-0.2, -0.15) is 0 Å². The van der Waals surface area contributed by atoms with Crippen LogP contribution in [0.3, 0.4) is 0 Å². The average molecular weight is 353 g/mol. The minimum absolute atomic E-state index is 0.0675. The first-order valence-electron chi connectivity index (χ1n) is 5.94. The predicted octanol–water partition coefficient (Wildman–Crippen LogP) is 2.86. The molecule has 0 radical (unpaired) electrons. The zero-order chi connectivity index (χ0) is 15.0. The molecule has 1 unspecified atom stereocenters. The van der Waals surface area contributed by atoms with Crippen LogP contribution in [-0.2, 0) is 9.84 Å². The maximum Gasteiger partial charge on any atom is 0.171 e. The van der Waals surface area contributed by atoms with Gasteiger partial charge in [-0.3, -0.25) is 0 Å². The van der Waals surface area contributed by atoms with Crippen molar-refractivity contribution >= 4 is 56.1 Å². The number of rotatable bonds is 2. The lowest BCUT2D eigenvalue weighted by molar-refractivity contribution is 0.474. The summed E-state index contributed by atoms with van der Waals surface area (Å²) in [5.74, 6) is 0.240. The van der Waals surface area contributed by atoms with Crippen LogP contribution in [0.2, 0.25) is 10.0 Å². The Labute approximate surface area is 133 Å². The molecule has 0 spiro atoms. The fraction of sp³-hybridized carbons (Fsp3) is 0.417. The van der Waals surface area contributed by atoms with Crippen LogP contribution in [0, 0.1) is 0 Å². The van der Waals surface area contributed by atoms with Gasteiger partial charge in [0, 0.05) is 0 Å². The Morgan fingerprint density at radius 1 is 1.35 bits per heavy atom. The van der Waals surface area contributed by atoms with Crippen molar-refractivity contribution in [2.75, 3.05) is 16.8 Å². The molecule has 0 aliphatic carbocycles. The monoisotopic (exact) mass is 352 g/mol. The number of sulfone groups is 1. The third-order valence-electron chi connectivity index (χ3n) is 3.12. The number of thiocarbonyl (C=S) groups is 1. The van der Waals surface area contributed by atoms with Crippen LogP contribution in [-0.4, -0.2) is 30.6 Å². The van der Waals surface area contributed by atoms with E-state index >= 15 is 0 Å². The van der Waals surface area contributed by atoms with E-state index < -0.39 is 15.4 Å². The van der Waals surface area contributed by atoms with Gasteiger partial charge in [0.2, 0.25) is 0 Å². The van der Waals surface area contributed by atoms with Crippen molar-refractivity contribution in [3.8, 4) is 0 Å². The van der Waals surface area contributed by atoms with Crippen molar-refractivity contribution in [2.45, 2.75) is 18.9 Å². The van der Waals surface area contributed by atoms with Crippen molar-refractivity contribution in [3.63, 3.8) is 0 Å². The number of benzene rings is 1. The van der Waals surface area contributed by atoms with Gasteiger partial charge in [-0.25, -0.2) is 8.42 Å². The molecule has 2 N–H and O–H groups in total. The van der Waals surface area contributed by atoms with E-state index in [0.717, 1.165) is 0 Å². The molecule has 0 bridgehead atoms. The summed E-state index contributed by atoms with van der Waals surface area (Å²) in [7, 11) is -2.99. The smallest absolute Gasteiger partial charge is 0.171 e. The third kappa shape index (κ3) is 3.75. The van der Waals surface area contributed by atoms with Crippen molar-refractivity contribution in [3.05, 3.63) is 28.2 Å². The SMILES string of the molecule is CC1(NC(=S)Nc2c(Cl)cccc2Cl)CCS(=O)(=O)C1. The summed E-state index contributed by atoms with van der Waals surface area (Å²) in [6.45, 7) is 1.83. The number of anilines is 1. The molecule has 1 saturated heterocycles. The lowest BCUT2D eigenvalue weighted by atomic mass is 10.0. The van der Waals surface area contributed by atoms with Crippen molar-refractivity contribution in [2.24, 2.45) is 0 Å². The van der Waals surface area contributed by atoms with Gasteiger partial charge in [-0.05, 0) is 37.7 Å². The zero-order valence-corrected chi connectivity index (χ0v) is 13.9. The fourth-order valence-electron chi connectivity index (χ4n) is 2.15. The zero-order valence-electron chi connectivity index (χ0n) is 10.7. The van der Waals surface area contributed by atoms with Crippen molar-refractivity contribution in [1.29, 1.82) is 0 Å². The van der Waals surface area contributed by atoms with E-state index in [1.54, 1.807) is 18.2 Å². The number of nitrogens with one attached hydrogen (secondary N) is 2. The van der Waals surface area contributed by atoms with Gasteiger partial charge in [-0.1, -0.05) is 29.3 Å². The van der Waals surface area contributed by atoms with Gasteiger partial charge in [0.25, 0.3) is 0 Å². The summed E-state index contributed by atoms with van der Waals surface area (Å²) in [6, 6.07) is 5.12. The average Bonchev–Trinajstić information content (AvgIpc) is 2.58. The minimum atomic E-state index is -2.99. The van der Waals surface area contributed by atoms with E-state index in [1.807, 2.05) is 6.92 Å². The highest BCUT2D eigenvalue weighted by Gasteiger charge is 2.38. The largest absolute Gasteiger partial charge is 0.356 e. The second kappa shape index (κ2) is 5.67. The van der Waals surface area contributed by atoms with Gasteiger partial charge in [0.1, 0.15) is 0 Å². The van der Waals surface area contributed by atoms with Gasteiger partial charge in [-0.15, -0.1) is 0 Å². The first kappa shape index (κ1) is 15.8. The molecule has 1 fully saturated rings. The Morgan fingerprint density at radius 2 is 1.95 bits per heavy atom. The fourth-order valence-corrected chi connectivity index (χ4v) is 5.08. The molecule has 20 heavy (non-hydrogen) atoms. The molecule has 0 aromatic heterocycles. The molecule has 0 amide bonds. The van der Waals surface area contributed by atoms with E-state index in [2.05, 4.69) is 10.6 Å². The first-order chi connectivity index (χ1) is 9.21. The summed E-state index contributed by atoms with van der Waals surface area (Å²) in [6.07, 6.45) is 0.521. The predicted molar refractivity (Wildman–Crippen MR) is 87.5 cm³/mol. The molecule has 8 heteroatoms. The number of para-hydroxylation sites is 1. The molecule has 0 saturated carbocycles. The second-order valence-electron chi connectivity index (χ2n) is 5.08. The second-order valence-corrected chi connectivity index (χ2v) is 8.49. The van der Waals surface area contributed by atoms with Crippen LogP contribution in [0.4, 0.5) is 5.69 Å². The van der Waals surface area contributed by atoms with E-state index in [9.17, 15) is 8.42 Å². The summed E-state index contributed by atoms with van der Waals surface area (Å²) in [4.78, 5) is 0. The molecule has 110 valence electrons. The Hall–Kier alpha value is -0.560. The van der Waals surface area contributed by atoms with E-state index in [0.29, 0.717) is 27.3 Å². The summed E-state index contributed by atoms with van der Waals surface area (Å²) >= 11 is 17.3. The summed E-state index contributed by atoms with van der Waals surface area (Å²) < 4.78 is 23.1. The van der Waals surface area contributed by atoms with Crippen LogP contribution in [0.25, 0.3) is 0 Å². The molecule has 2 rings (SSSR count). The Bertz CT molecular complexity index is 629. The van der Waals surface area contributed by atoms with Crippen molar-refractivity contribution < 1.29 is 8.42 Å². The molecular weight excluding hydrogens is 339 g/mol. The van der Waals surface area contributed by atoms with Gasteiger partial charge in [0.05, 0.1) is 32.8 Å². The topological polar surface area (TPSA) is 58.2 Å². The van der Waals surface area contributed by atoms with Crippen LogP contribution < -0.4 is 10.6 Å². The lowest BCUT2D eigenvalue weighted by Gasteiger charge is -2.26. The number of hydrogen-bond donors (Lipinski definition) is 2. The lowest BCUT2D eigenvalue weighted by Crippen LogP contribution is -2.48. The van der Waals surface area contributed by atoms with E-state index in [4.69, 9.17) is 35.4 Å². The molecule has 1 aliphatic rings. The normalized spacial score (nSPS) is 24.4. The van der Waals surface area contributed by atoms with Crippen LogP contribution >= 0.6 is 35.4 Å². The standard InChI is InChI=1S/C12H14Cl2N2O2S2/c1-12(5-6-20(17,18)7-12)16-11(19)15-10-8(13)3-2-4-9(10)14/h2-4H,5-7H2,1H3,(H2,15,16,19). The molecule has 1 aromatic carbocycles. The molecular formula is C12H14Cl2N2O2S2. The Morgan fingerprint density at radius 3 is 2.45 bits per heavy atom. The van der Waals surface area contributed by atoms with E-state index in [-0.39, 0.29) is 11.5 Å². The van der Waals surface area contributed by atoms with Gasteiger partial charge < -0.3 is 10.6 Å². The van der Waals surface area contributed by atoms with Crippen LogP contribution in [0.1, 0.15) is 13.3 Å². The highest BCUT2D eigenvalue weighted by atomic mass is 35.5. The molecule has 1 aromatic rings. The van der Waals surface area contributed by atoms with Crippen molar-refractivity contribution in [1.82, 2.24) is 5.32 Å². The minimum Gasteiger partial charge on any atom is -0.356 e. The summed E-state index contributed by atoms with van der Waals surface area (Å²) in [5, 5.41) is 7.16. The summed E-state index contributed by atoms with van der Waals surface area (Å²) in [5.41, 5.74) is -0.0470. The molecule has 4 nitrogen and oxygen atoms in total. The molecule has 1 aliphatic heterocycles. The van der Waals surface area contributed by atoms with E-state index in [1.165, 1.54) is 0 Å². The van der Waals surface area contributed by atoms with Crippen LogP contribution in [0.15, 0.2) is 18.2 Å². The van der Waals surface area contributed by atoms with Crippen LogP contribution in [0.5, 0.6) is 0 Å². The Kier molecular flexibility index (Phi) is 4.49. The quantitative estimate of drug-likeness (QED) is 0.801. The Balaban J connectivity index is 2.07.